The molecule has 104 valence electrons. The van der Waals surface area contributed by atoms with Gasteiger partial charge in [0, 0.05) is 0 Å². The van der Waals surface area contributed by atoms with Crippen LogP contribution in [0.25, 0.3) is 0 Å². The topological polar surface area (TPSA) is 40.5 Å². The molecule has 2 aromatic carbocycles. The summed E-state index contributed by atoms with van der Waals surface area (Å²) in [4.78, 5) is 0. The molecule has 0 radical (unpaired) electrons. The van der Waals surface area contributed by atoms with Gasteiger partial charge in [-0.3, -0.25) is 0 Å². The predicted octanol–water partition coefficient (Wildman–Crippen LogP) is 3.13. The second-order valence-electron chi connectivity index (χ2n) is 6.14. The van der Waals surface area contributed by atoms with Crippen molar-refractivity contribution in [3.63, 3.8) is 0 Å². The molecule has 0 amide bonds. The van der Waals surface area contributed by atoms with E-state index in [1.807, 2.05) is 64.1 Å². The normalized spacial score (nSPS) is 27.9. The van der Waals surface area contributed by atoms with Crippen molar-refractivity contribution < 1.29 is 10.2 Å². The van der Waals surface area contributed by atoms with Crippen molar-refractivity contribution in [2.24, 2.45) is 0 Å². The van der Waals surface area contributed by atoms with Crippen LogP contribution in [-0.4, -0.2) is 10.2 Å². The lowest BCUT2D eigenvalue weighted by atomic mass is 9.66. The molecular formula is C18H20O2. The second-order valence-corrected chi connectivity index (χ2v) is 6.14. The summed E-state index contributed by atoms with van der Waals surface area (Å²) in [6.07, 6.45) is 0. The minimum absolute atomic E-state index is 0.784. The van der Waals surface area contributed by atoms with Gasteiger partial charge in [0.25, 0.3) is 0 Å². The smallest absolute Gasteiger partial charge is 0.113 e. The maximum Gasteiger partial charge on any atom is 0.113 e. The van der Waals surface area contributed by atoms with Gasteiger partial charge in [-0.1, -0.05) is 36.4 Å². The van der Waals surface area contributed by atoms with Crippen LogP contribution < -0.4 is 0 Å². The van der Waals surface area contributed by atoms with Crippen LogP contribution in [0.5, 0.6) is 0 Å². The summed E-state index contributed by atoms with van der Waals surface area (Å²) in [6.45, 7) is 7.59. The molecule has 0 bridgehead atoms. The maximum atomic E-state index is 11.1. The molecule has 1 aliphatic carbocycles. The highest BCUT2D eigenvalue weighted by Crippen LogP contribution is 2.49. The van der Waals surface area contributed by atoms with Crippen LogP contribution in [-0.2, 0) is 11.2 Å². The first-order chi connectivity index (χ1) is 9.28. The first-order valence-electron chi connectivity index (χ1n) is 6.94. The molecule has 0 aliphatic heterocycles. The van der Waals surface area contributed by atoms with E-state index >= 15 is 0 Å². The van der Waals surface area contributed by atoms with Crippen molar-refractivity contribution in [2.45, 2.75) is 38.9 Å². The fourth-order valence-corrected chi connectivity index (χ4v) is 3.67. The van der Waals surface area contributed by atoms with Gasteiger partial charge in [-0.2, -0.15) is 0 Å². The number of rotatable bonds is 0. The second kappa shape index (κ2) is 3.94. The third kappa shape index (κ3) is 1.52. The number of hydrogen-bond donors (Lipinski definition) is 2. The lowest BCUT2D eigenvalue weighted by Gasteiger charge is -2.43. The molecular weight excluding hydrogens is 248 g/mol. The zero-order valence-corrected chi connectivity index (χ0v) is 12.4. The van der Waals surface area contributed by atoms with E-state index in [-0.39, 0.29) is 0 Å². The number of aryl methyl sites for hydroxylation is 2. The van der Waals surface area contributed by atoms with E-state index in [4.69, 9.17) is 0 Å². The van der Waals surface area contributed by atoms with E-state index in [1.165, 1.54) is 0 Å². The van der Waals surface area contributed by atoms with E-state index in [2.05, 4.69) is 0 Å². The first-order valence-corrected chi connectivity index (χ1v) is 6.94. The van der Waals surface area contributed by atoms with Gasteiger partial charge in [-0.15, -0.1) is 0 Å². The van der Waals surface area contributed by atoms with Crippen LogP contribution >= 0.6 is 0 Å². The highest BCUT2D eigenvalue weighted by molar-refractivity contribution is 5.60. The molecule has 2 N–H and O–H groups in total. The van der Waals surface area contributed by atoms with E-state index < -0.39 is 11.2 Å². The molecule has 2 atom stereocenters. The summed E-state index contributed by atoms with van der Waals surface area (Å²) < 4.78 is 0. The van der Waals surface area contributed by atoms with Crippen LogP contribution in [0.1, 0.15) is 47.2 Å². The number of fused-ring (bicyclic) bond motifs is 2. The molecule has 3 rings (SSSR count). The number of aliphatic hydroxyl groups is 2. The van der Waals surface area contributed by atoms with Gasteiger partial charge in [0.2, 0.25) is 0 Å². The molecule has 0 spiro atoms. The summed E-state index contributed by atoms with van der Waals surface area (Å²) in [5.41, 5.74) is 3.09. The van der Waals surface area contributed by atoms with Gasteiger partial charge in [0.05, 0.1) is 0 Å². The van der Waals surface area contributed by atoms with Crippen molar-refractivity contribution in [2.75, 3.05) is 0 Å². The Morgan fingerprint density at radius 3 is 1.40 bits per heavy atom. The van der Waals surface area contributed by atoms with Gasteiger partial charge >= 0.3 is 0 Å². The van der Waals surface area contributed by atoms with Crippen LogP contribution in [0.3, 0.4) is 0 Å². The molecule has 2 nitrogen and oxygen atoms in total. The van der Waals surface area contributed by atoms with Crippen LogP contribution in [0.4, 0.5) is 0 Å². The molecule has 0 heterocycles. The Labute approximate surface area is 119 Å². The Balaban J connectivity index is 2.49. The van der Waals surface area contributed by atoms with Crippen molar-refractivity contribution >= 4 is 0 Å². The maximum absolute atomic E-state index is 11.1. The molecule has 0 saturated heterocycles. The summed E-state index contributed by atoms with van der Waals surface area (Å²) in [5.74, 6) is 0. The monoisotopic (exact) mass is 268 g/mol. The van der Waals surface area contributed by atoms with Gasteiger partial charge in [0.15, 0.2) is 0 Å². The highest BCUT2D eigenvalue weighted by Gasteiger charge is 2.45. The SMILES string of the molecule is Cc1ccc(C)c2c1C(C)(O)c1ccccc1C2(C)O. The van der Waals surface area contributed by atoms with E-state index in [0.29, 0.717) is 0 Å². The first kappa shape index (κ1) is 13.3. The average molecular weight is 268 g/mol. The highest BCUT2D eigenvalue weighted by atomic mass is 16.3. The summed E-state index contributed by atoms with van der Waals surface area (Å²) in [5, 5.41) is 22.2. The van der Waals surface area contributed by atoms with Gasteiger partial charge in [0.1, 0.15) is 11.2 Å². The van der Waals surface area contributed by atoms with Crippen molar-refractivity contribution in [1.82, 2.24) is 0 Å². The molecule has 0 saturated carbocycles. The lowest BCUT2D eigenvalue weighted by Crippen LogP contribution is -2.41. The zero-order chi connectivity index (χ0) is 14.7. The average Bonchev–Trinajstić information content (AvgIpc) is 2.39. The molecule has 2 aromatic rings. The fourth-order valence-electron chi connectivity index (χ4n) is 3.67. The minimum atomic E-state index is -1.08. The lowest BCUT2D eigenvalue weighted by molar-refractivity contribution is 0.0498. The molecule has 0 aromatic heterocycles. The van der Waals surface area contributed by atoms with E-state index in [0.717, 1.165) is 33.4 Å². The Morgan fingerprint density at radius 1 is 0.700 bits per heavy atom. The summed E-state index contributed by atoms with van der Waals surface area (Å²) >= 11 is 0. The molecule has 2 heteroatoms. The number of hydrogen-bond acceptors (Lipinski definition) is 2. The molecule has 2 unspecified atom stereocenters. The molecule has 20 heavy (non-hydrogen) atoms. The van der Waals surface area contributed by atoms with Gasteiger partial charge in [-0.25, -0.2) is 0 Å². The molecule has 1 aliphatic rings. The standard InChI is InChI=1S/C18H20O2/c1-11-9-10-12(2)16-15(11)17(3,19)13-7-5-6-8-14(13)18(16,4)20/h5-10,19-20H,1-4H3. The van der Waals surface area contributed by atoms with E-state index in [9.17, 15) is 10.2 Å². The van der Waals surface area contributed by atoms with Crippen LogP contribution in [0.2, 0.25) is 0 Å². The van der Waals surface area contributed by atoms with E-state index in [1.54, 1.807) is 0 Å². The van der Waals surface area contributed by atoms with Crippen LogP contribution in [0.15, 0.2) is 36.4 Å². The zero-order valence-electron chi connectivity index (χ0n) is 12.4. The Morgan fingerprint density at radius 2 is 1.05 bits per heavy atom. The minimum Gasteiger partial charge on any atom is -0.381 e. The van der Waals surface area contributed by atoms with Crippen molar-refractivity contribution in [3.05, 3.63) is 69.8 Å². The van der Waals surface area contributed by atoms with Gasteiger partial charge in [-0.05, 0) is 61.1 Å². The third-order valence-corrected chi connectivity index (χ3v) is 4.57. The van der Waals surface area contributed by atoms with Crippen molar-refractivity contribution in [3.8, 4) is 0 Å². The Hall–Kier alpha value is -1.64. The summed E-state index contributed by atoms with van der Waals surface area (Å²) in [6, 6.07) is 11.6. The predicted molar refractivity (Wildman–Crippen MR) is 79.7 cm³/mol. The van der Waals surface area contributed by atoms with Crippen LogP contribution in [0, 0.1) is 13.8 Å². The van der Waals surface area contributed by atoms with Gasteiger partial charge < -0.3 is 10.2 Å². The summed E-state index contributed by atoms with van der Waals surface area (Å²) in [7, 11) is 0. The number of benzene rings is 2. The third-order valence-electron chi connectivity index (χ3n) is 4.57. The Bertz CT molecular complexity index is 637. The molecule has 0 fully saturated rings. The van der Waals surface area contributed by atoms with Crippen molar-refractivity contribution in [1.29, 1.82) is 0 Å². The fraction of sp³-hybridized carbons (Fsp3) is 0.333. The largest absolute Gasteiger partial charge is 0.381 e. The quantitative estimate of drug-likeness (QED) is 0.770. The Kier molecular flexibility index (Phi) is 2.63.